The number of rotatable bonds is 2. The van der Waals surface area contributed by atoms with Gasteiger partial charge in [-0.25, -0.2) is 0 Å². The Labute approximate surface area is 157 Å². The molecule has 0 radical (unpaired) electrons. The first-order valence-corrected chi connectivity index (χ1v) is 9.97. The first-order chi connectivity index (χ1) is 12.7. The molecule has 4 aromatic carbocycles. The van der Waals surface area contributed by atoms with Gasteiger partial charge in [0.05, 0.1) is 0 Å². The average Bonchev–Trinajstić information content (AvgIpc) is 3.06. The summed E-state index contributed by atoms with van der Waals surface area (Å²) in [4.78, 5) is 0. The molecule has 0 nitrogen and oxygen atoms in total. The van der Waals surface area contributed by atoms with Gasteiger partial charge in [-0.3, -0.25) is 0 Å². The van der Waals surface area contributed by atoms with E-state index in [9.17, 15) is 0 Å². The van der Waals surface area contributed by atoms with Crippen LogP contribution in [0.1, 0.15) is 25.3 Å². The predicted octanol–water partition coefficient (Wildman–Crippen LogP) is 8.00. The van der Waals surface area contributed by atoms with Gasteiger partial charge < -0.3 is 0 Å². The summed E-state index contributed by atoms with van der Waals surface area (Å²) in [6.45, 7) is 4.51. The highest BCUT2D eigenvalue weighted by Gasteiger charge is 2.10. The number of thiophene rings is 1. The molecule has 1 heteroatoms. The Morgan fingerprint density at radius 1 is 0.692 bits per heavy atom. The molecule has 1 heterocycles. The molecule has 0 atom stereocenters. The summed E-state index contributed by atoms with van der Waals surface area (Å²) in [5.41, 5.74) is 4.03. The third-order valence-corrected chi connectivity index (χ3v) is 6.47. The molecule has 0 aliphatic carbocycles. The highest BCUT2D eigenvalue weighted by molar-refractivity contribution is 7.26. The van der Waals surface area contributed by atoms with Crippen LogP contribution in [0, 0.1) is 0 Å². The Balaban J connectivity index is 1.76. The van der Waals surface area contributed by atoms with Crippen molar-refractivity contribution in [2.75, 3.05) is 0 Å². The molecule has 0 saturated carbocycles. The van der Waals surface area contributed by atoms with Gasteiger partial charge in [0, 0.05) is 20.2 Å². The highest BCUT2D eigenvalue weighted by Crippen LogP contribution is 2.40. The minimum Gasteiger partial charge on any atom is -0.135 e. The van der Waals surface area contributed by atoms with Gasteiger partial charge in [0.2, 0.25) is 0 Å². The van der Waals surface area contributed by atoms with E-state index in [-0.39, 0.29) is 0 Å². The summed E-state index contributed by atoms with van der Waals surface area (Å²) in [6, 6.07) is 29.1. The van der Waals surface area contributed by atoms with Crippen LogP contribution in [0.4, 0.5) is 0 Å². The molecule has 5 aromatic rings. The molecule has 0 fully saturated rings. The molecule has 0 bridgehead atoms. The number of hydrogen-bond donors (Lipinski definition) is 0. The molecule has 0 spiro atoms. The van der Waals surface area contributed by atoms with E-state index in [1.165, 1.54) is 47.6 Å². The zero-order valence-electron chi connectivity index (χ0n) is 15.0. The normalized spacial score (nSPS) is 11.8. The zero-order chi connectivity index (χ0) is 17.7. The fourth-order valence-electron chi connectivity index (χ4n) is 3.77. The first kappa shape index (κ1) is 15.6. The van der Waals surface area contributed by atoms with Crippen molar-refractivity contribution in [3.05, 3.63) is 84.4 Å². The van der Waals surface area contributed by atoms with Crippen LogP contribution in [-0.2, 0) is 0 Å². The monoisotopic (exact) mass is 352 g/mol. The topological polar surface area (TPSA) is 0 Å². The van der Waals surface area contributed by atoms with Crippen LogP contribution in [0.15, 0.2) is 78.9 Å². The van der Waals surface area contributed by atoms with E-state index < -0.39 is 0 Å². The molecule has 5 rings (SSSR count). The van der Waals surface area contributed by atoms with Crippen molar-refractivity contribution < 1.29 is 0 Å². The molecular weight excluding hydrogens is 332 g/mol. The first-order valence-electron chi connectivity index (χ1n) is 9.15. The van der Waals surface area contributed by atoms with Gasteiger partial charge >= 0.3 is 0 Å². The standard InChI is InChI=1S/C25H20S/c1-16(2)18-12-10-17-11-13-19(15-20(17)14-18)21-7-5-8-23-22-6-3-4-9-24(22)26-25(21)23/h3-16H,1-2H3. The van der Waals surface area contributed by atoms with Crippen molar-refractivity contribution in [3.8, 4) is 11.1 Å². The second-order valence-corrected chi connectivity index (χ2v) is 8.31. The summed E-state index contributed by atoms with van der Waals surface area (Å²) >= 11 is 1.90. The van der Waals surface area contributed by atoms with Crippen LogP contribution in [0.2, 0.25) is 0 Å². The third-order valence-electron chi connectivity index (χ3n) is 5.25. The lowest BCUT2D eigenvalue weighted by Gasteiger charge is -2.09. The van der Waals surface area contributed by atoms with Crippen LogP contribution in [0.5, 0.6) is 0 Å². The van der Waals surface area contributed by atoms with E-state index in [0.717, 1.165) is 0 Å². The summed E-state index contributed by atoms with van der Waals surface area (Å²) in [5, 5.41) is 5.35. The lowest BCUT2D eigenvalue weighted by atomic mass is 9.96. The summed E-state index contributed by atoms with van der Waals surface area (Å²) in [5.74, 6) is 0.550. The second-order valence-electron chi connectivity index (χ2n) is 7.26. The Kier molecular flexibility index (Phi) is 3.58. The van der Waals surface area contributed by atoms with Crippen molar-refractivity contribution in [3.63, 3.8) is 0 Å². The maximum Gasteiger partial charge on any atom is 0.0433 e. The maximum absolute atomic E-state index is 2.35. The summed E-state index contributed by atoms with van der Waals surface area (Å²) < 4.78 is 2.74. The van der Waals surface area contributed by atoms with Gasteiger partial charge in [0.1, 0.15) is 0 Å². The van der Waals surface area contributed by atoms with Crippen LogP contribution in [-0.4, -0.2) is 0 Å². The van der Waals surface area contributed by atoms with Gasteiger partial charge in [0.25, 0.3) is 0 Å². The van der Waals surface area contributed by atoms with Gasteiger partial charge in [-0.1, -0.05) is 80.6 Å². The Hall–Kier alpha value is -2.64. The Morgan fingerprint density at radius 3 is 2.38 bits per heavy atom. The van der Waals surface area contributed by atoms with Gasteiger partial charge in [-0.05, 0) is 45.5 Å². The fraction of sp³-hybridized carbons (Fsp3) is 0.120. The van der Waals surface area contributed by atoms with Crippen LogP contribution < -0.4 is 0 Å². The van der Waals surface area contributed by atoms with E-state index in [1.807, 2.05) is 11.3 Å². The van der Waals surface area contributed by atoms with Crippen molar-refractivity contribution in [1.29, 1.82) is 0 Å². The van der Waals surface area contributed by atoms with E-state index in [0.29, 0.717) is 5.92 Å². The van der Waals surface area contributed by atoms with Gasteiger partial charge in [0.15, 0.2) is 0 Å². The molecule has 0 N–H and O–H groups in total. The van der Waals surface area contributed by atoms with Crippen LogP contribution >= 0.6 is 11.3 Å². The molecule has 26 heavy (non-hydrogen) atoms. The molecular formula is C25H20S. The predicted molar refractivity (Wildman–Crippen MR) is 116 cm³/mol. The average molecular weight is 353 g/mol. The van der Waals surface area contributed by atoms with Crippen molar-refractivity contribution >= 4 is 42.3 Å². The molecule has 0 saturated heterocycles. The highest BCUT2D eigenvalue weighted by atomic mass is 32.1. The molecule has 0 amide bonds. The molecule has 0 aliphatic heterocycles. The lowest BCUT2D eigenvalue weighted by molar-refractivity contribution is 0.869. The minimum atomic E-state index is 0.550. The number of benzene rings is 4. The molecule has 1 aromatic heterocycles. The quantitative estimate of drug-likeness (QED) is 0.302. The fourth-order valence-corrected chi connectivity index (χ4v) is 5.00. The van der Waals surface area contributed by atoms with Gasteiger partial charge in [-0.2, -0.15) is 0 Å². The van der Waals surface area contributed by atoms with E-state index in [1.54, 1.807) is 0 Å². The summed E-state index contributed by atoms with van der Waals surface area (Å²) in [7, 11) is 0. The zero-order valence-corrected chi connectivity index (χ0v) is 15.8. The SMILES string of the molecule is CC(C)c1ccc2ccc(-c3cccc4c3sc3ccccc34)cc2c1. The van der Waals surface area contributed by atoms with E-state index >= 15 is 0 Å². The lowest BCUT2D eigenvalue weighted by Crippen LogP contribution is -1.87. The molecule has 126 valence electrons. The molecule has 0 unspecified atom stereocenters. The maximum atomic E-state index is 2.35. The smallest absolute Gasteiger partial charge is 0.0433 e. The second kappa shape index (κ2) is 5.96. The minimum absolute atomic E-state index is 0.550. The van der Waals surface area contributed by atoms with E-state index in [4.69, 9.17) is 0 Å². The molecule has 0 aliphatic rings. The van der Waals surface area contributed by atoms with Crippen molar-refractivity contribution in [1.82, 2.24) is 0 Å². The Bertz CT molecular complexity index is 1260. The third kappa shape index (κ3) is 2.43. The van der Waals surface area contributed by atoms with Crippen molar-refractivity contribution in [2.45, 2.75) is 19.8 Å². The number of hydrogen-bond acceptors (Lipinski definition) is 1. The van der Waals surface area contributed by atoms with Crippen LogP contribution in [0.3, 0.4) is 0 Å². The van der Waals surface area contributed by atoms with Crippen LogP contribution in [0.25, 0.3) is 42.1 Å². The van der Waals surface area contributed by atoms with Gasteiger partial charge in [-0.15, -0.1) is 11.3 Å². The largest absolute Gasteiger partial charge is 0.135 e. The Morgan fingerprint density at radius 2 is 1.50 bits per heavy atom. The van der Waals surface area contributed by atoms with Crippen molar-refractivity contribution in [2.24, 2.45) is 0 Å². The van der Waals surface area contributed by atoms with E-state index in [2.05, 4.69) is 92.7 Å². The summed E-state index contributed by atoms with van der Waals surface area (Å²) in [6.07, 6.45) is 0. The number of fused-ring (bicyclic) bond motifs is 4.